The predicted molar refractivity (Wildman–Crippen MR) is 131 cm³/mol. The van der Waals surface area contributed by atoms with Crippen LogP contribution in [-0.2, 0) is 18.7 Å². The summed E-state index contributed by atoms with van der Waals surface area (Å²) in [6.07, 6.45) is 5.10. The topological polar surface area (TPSA) is 24.7 Å². The summed E-state index contributed by atoms with van der Waals surface area (Å²) in [6, 6.07) is 31.4. The van der Waals surface area contributed by atoms with E-state index < -0.39 is 5.60 Å². The number of hydrogen-bond acceptors (Lipinski definition) is 1. The van der Waals surface area contributed by atoms with E-state index in [1.165, 1.54) is 28.9 Å². The molecule has 0 saturated heterocycles. The van der Waals surface area contributed by atoms with Crippen LogP contribution in [0.15, 0.2) is 91.0 Å². The molecule has 0 radical (unpaired) electrons. The third-order valence-corrected chi connectivity index (χ3v) is 6.72. The molecule has 2 nitrogen and oxygen atoms in total. The fourth-order valence-electron chi connectivity index (χ4n) is 4.95. The first kappa shape index (κ1) is 25.1. The average Bonchev–Trinajstić information content (AvgIpc) is 3.39. The molecule has 4 rings (SSSR count). The molecule has 0 heterocycles. The number of hydrogen-bond donors (Lipinski definition) is 2. The van der Waals surface area contributed by atoms with Crippen molar-refractivity contribution in [2.45, 2.75) is 50.8 Å². The molecule has 3 aromatic carbocycles. The van der Waals surface area contributed by atoms with E-state index in [1.54, 1.807) is 0 Å². The molecule has 0 spiro atoms. The lowest BCUT2D eigenvalue weighted by atomic mass is 9.78. The van der Waals surface area contributed by atoms with Crippen molar-refractivity contribution >= 4 is 0 Å². The van der Waals surface area contributed by atoms with Gasteiger partial charge < -0.3 is 22.4 Å². The van der Waals surface area contributed by atoms with Gasteiger partial charge in [-0.05, 0) is 30.2 Å². The van der Waals surface area contributed by atoms with E-state index in [4.69, 9.17) is 0 Å². The van der Waals surface area contributed by atoms with Gasteiger partial charge in [0.25, 0.3) is 0 Å². The number of rotatable bonds is 8. The Labute approximate surface area is 205 Å². The Balaban J connectivity index is 0.00000306. The van der Waals surface area contributed by atoms with E-state index >= 15 is 0 Å². The molecule has 2 N–H and O–H groups in total. The SMILES string of the molecule is OC(CC#CC[NH+](Cc1ccccc1)Cc1ccccc1)(c1ccccc1)C1CCCC1.[Cl-]. The van der Waals surface area contributed by atoms with Gasteiger partial charge in [-0.25, -0.2) is 0 Å². The normalized spacial score (nSPS) is 15.3. The fourth-order valence-corrected chi connectivity index (χ4v) is 4.95. The van der Waals surface area contributed by atoms with E-state index in [1.807, 2.05) is 18.2 Å². The van der Waals surface area contributed by atoms with E-state index in [-0.39, 0.29) is 12.4 Å². The Kier molecular flexibility index (Phi) is 9.58. The number of aliphatic hydroxyl groups is 1. The van der Waals surface area contributed by atoms with Crippen molar-refractivity contribution in [3.05, 3.63) is 108 Å². The van der Waals surface area contributed by atoms with Crippen LogP contribution in [0.25, 0.3) is 0 Å². The second-order valence-electron chi connectivity index (χ2n) is 9.05. The molecule has 3 aromatic rings. The highest BCUT2D eigenvalue weighted by Crippen LogP contribution is 2.42. The summed E-state index contributed by atoms with van der Waals surface area (Å²) in [5, 5.41) is 11.7. The summed E-state index contributed by atoms with van der Waals surface area (Å²) >= 11 is 0. The van der Waals surface area contributed by atoms with Crippen LogP contribution >= 0.6 is 0 Å². The van der Waals surface area contributed by atoms with Crippen molar-refractivity contribution in [3.8, 4) is 11.8 Å². The second-order valence-corrected chi connectivity index (χ2v) is 9.05. The summed E-state index contributed by atoms with van der Waals surface area (Å²) in [5.41, 5.74) is 2.82. The maximum atomic E-state index is 11.7. The molecule has 1 fully saturated rings. The average molecular weight is 460 g/mol. The van der Waals surface area contributed by atoms with E-state index in [0.29, 0.717) is 12.3 Å². The molecule has 0 bridgehead atoms. The number of benzene rings is 3. The molecule has 1 aliphatic carbocycles. The van der Waals surface area contributed by atoms with Crippen molar-refractivity contribution in [1.82, 2.24) is 0 Å². The van der Waals surface area contributed by atoms with Crippen LogP contribution in [0.4, 0.5) is 0 Å². The van der Waals surface area contributed by atoms with Crippen LogP contribution in [0.2, 0.25) is 0 Å². The first-order valence-corrected chi connectivity index (χ1v) is 11.9. The molecule has 1 aliphatic rings. The minimum atomic E-state index is -0.843. The lowest BCUT2D eigenvalue weighted by molar-refractivity contribution is -0.920. The zero-order chi connectivity index (χ0) is 22.1. The minimum absolute atomic E-state index is 0. The van der Waals surface area contributed by atoms with Gasteiger partial charge in [0.1, 0.15) is 25.2 Å². The molecular formula is C30H34ClNO. The predicted octanol–water partition coefficient (Wildman–Crippen LogP) is 1.75. The van der Waals surface area contributed by atoms with Crippen molar-refractivity contribution in [3.63, 3.8) is 0 Å². The molecule has 33 heavy (non-hydrogen) atoms. The minimum Gasteiger partial charge on any atom is -1.00 e. The number of nitrogens with one attached hydrogen (secondary N) is 1. The Morgan fingerprint density at radius 2 is 1.21 bits per heavy atom. The standard InChI is InChI=1S/C30H33NO.ClH/c32-30(29-20-10-11-21-29,28-18-8-3-9-19-28)22-12-13-23-31(24-26-14-4-1-5-15-26)25-27-16-6-2-7-17-27;/h1-9,14-19,29,32H,10-11,20-25H2;1H. The summed E-state index contributed by atoms with van der Waals surface area (Å²) in [7, 11) is 0. The highest BCUT2D eigenvalue weighted by Gasteiger charge is 2.39. The molecular weight excluding hydrogens is 426 g/mol. The summed E-state index contributed by atoms with van der Waals surface area (Å²) in [6.45, 7) is 2.64. The van der Waals surface area contributed by atoms with Crippen LogP contribution in [0.3, 0.4) is 0 Å². The summed E-state index contributed by atoms with van der Waals surface area (Å²) in [5.74, 6) is 7.11. The molecule has 1 unspecified atom stereocenters. The lowest BCUT2D eigenvalue weighted by Gasteiger charge is -2.33. The first-order chi connectivity index (χ1) is 15.7. The molecule has 1 atom stereocenters. The van der Waals surface area contributed by atoms with Crippen LogP contribution in [-0.4, -0.2) is 11.7 Å². The van der Waals surface area contributed by atoms with Crippen molar-refractivity contribution < 1.29 is 22.4 Å². The van der Waals surface area contributed by atoms with Gasteiger partial charge in [0.05, 0.1) is 0 Å². The van der Waals surface area contributed by atoms with Gasteiger partial charge >= 0.3 is 0 Å². The zero-order valence-electron chi connectivity index (χ0n) is 19.2. The monoisotopic (exact) mass is 459 g/mol. The fraction of sp³-hybridized carbons (Fsp3) is 0.333. The highest BCUT2D eigenvalue weighted by atomic mass is 35.5. The number of halogens is 1. The molecule has 0 aromatic heterocycles. The molecule has 3 heteroatoms. The van der Waals surface area contributed by atoms with Crippen LogP contribution in [0.1, 0.15) is 48.8 Å². The van der Waals surface area contributed by atoms with Crippen LogP contribution in [0.5, 0.6) is 0 Å². The summed E-state index contributed by atoms with van der Waals surface area (Å²) in [4.78, 5) is 1.42. The zero-order valence-corrected chi connectivity index (χ0v) is 20.0. The Bertz CT molecular complexity index is 965. The first-order valence-electron chi connectivity index (χ1n) is 11.9. The largest absolute Gasteiger partial charge is 1.00 e. The quantitative estimate of drug-likeness (QED) is 0.493. The van der Waals surface area contributed by atoms with Gasteiger partial charge in [-0.2, -0.15) is 0 Å². The Morgan fingerprint density at radius 3 is 1.73 bits per heavy atom. The Morgan fingerprint density at radius 1 is 0.727 bits per heavy atom. The van der Waals surface area contributed by atoms with Gasteiger partial charge in [-0.3, -0.25) is 0 Å². The van der Waals surface area contributed by atoms with Crippen LogP contribution in [0, 0.1) is 17.8 Å². The van der Waals surface area contributed by atoms with Gasteiger partial charge in [-0.1, -0.05) is 110 Å². The lowest BCUT2D eigenvalue weighted by Crippen LogP contribution is -3.09. The van der Waals surface area contributed by atoms with Crippen molar-refractivity contribution in [2.75, 3.05) is 6.54 Å². The molecule has 172 valence electrons. The second kappa shape index (κ2) is 12.6. The molecule has 0 amide bonds. The maximum Gasteiger partial charge on any atom is 0.139 e. The van der Waals surface area contributed by atoms with E-state index in [2.05, 4.69) is 84.6 Å². The third-order valence-electron chi connectivity index (χ3n) is 6.72. The van der Waals surface area contributed by atoms with Gasteiger partial charge in [-0.15, -0.1) is 0 Å². The van der Waals surface area contributed by atoms with Crippen LogP contribution < -0.4 is 17.3 Å². The van der Waals surface area contributed by atoms with E-state index in [9.17, 15) is 5.11 Å². The van der Waals surface area contributed by atoms with E-state index in [0.717, 1.165) is 38.0 Å². The van der Waals surface area contributed by atoms with Gasteiger partial charge in [0.15, 0.2) is 0 Å². The third kappa shape index (κ3) is 6.95. The smallest absolute Gasteiger partial charge is 0.139 e. The summed E-state index contributed by atoms with van der Waals surface area (Å²) < 4.78 is 0. The molecule has 1 saturated carbocycles. The Hall–Kier alpha value is -2.57. The van der Waals surface area contributed by atoms with Crippen molar-refractivity contribution in [1.29, 1.82) is 0 Å². The van der Waals surface area contributed by atoms with Crippen molar-refractivity contribution in [2.24, 2.45) is 5.92 Å². The van der Waals surface area contributed by atoms with Gasteiger partial charge in [0, 0.05) is 17.5 Å². The maximum absolute atomic E-state index is 11.7. The number of quaternary nitrogens is 1. The van der Waals surface area contributed by atoms with Gasteiger partial charge in [0.2, 0.25) is 0 Å². The highest BCUT2D eigenvalue weighted by molar-refractivity contribution is 5.26. The molecule has 0 aliphatic heterocycles.